The van der Waals surface area contributed by atoms with Gasteiger partial charge in [0.25, 0.3) is 0 Å². The molecule has 0 N–H and O–H groups in total. The SMILES string of the molecule is CCO[N+]1(c2ccccc2OC)CCN(CCc2cccc3c(=O)c(C)c(-c4ccccc4)oc23)CC1. The Morgan fingerprint density at radius 1 is 0.946 bits per heavy atom. The van der Waals surface area contributed by atoms with Crippen LogP contribution in [0.5, 0.6) is 5.75 Å². The van der Waals surface area contributed by atoms with Crippen molar-refractivity contribution in [2.75, 3.05) is 46.4 Å². The van der Waals surface area contributed by atoms with Crippen LogP contribution in [0.1, 0.15) is 18.1 Å². The molecule has 1 aromatic heterocycles. The van der Waals surface area contributed by atoms with Crippen LogP contribution in [-0.2, 0) is 11.3 Å². The molecule has 192 valence electrons. The highest BCUT2D eigenvalue weighted by atomic mass is 16.7. The average molecular weight is 500 g/mol. The maximum Gasteiger partial charge on any atom is 0.207 e. The molecule has 4 aromatic rings. The summed E-state index contributed by atoms with van der Waals surface area (Å²) in [7, 11) is 1.71. The third kappa shape index (κ3) is 4.92. The molecule has 2 heterocycles. The fourth-order valence-electron chi connectivity index (χ4n) is 5.41. The molecule has 0 aliphatic carbocycles. The highest BCUT2D eigenvalue weighted by Gasteiger charge is 2.39. The zero-order valence-electron chi connectivity index (χ0n) is 21.9. The number of fused-ring (bicyclic) bond motifs is 1. The minimum absolute atomic E-state index is 0.0375. The van der Waals surface area contributed by atoms with E-state index in [-0.39, 0.29) is 5.43 Å². The first-order chi connectivity index (χ1) is 18.1. The first-order valence-corrected chi connectivity index (χ1v) is 13.0. The number of benzene rings is 3. The molecule has 0 atom stereocenters. The second-order valence-electron chi connectivity index (χ2n) is 9.56. The maximum atomic E-state index is 13.2. The summed E-state index contributed by atoms with van der Waals surface area (Å²) in [5, 5.41) is 0.650. The predicted octanol–water partition coefficient (Wildman–Crippen LogP) is 5.59. The van der Waals surface area contributed by atoms with E-state index in [1.165, 1.54) is 0 Å². The predicted molar refractivity (Wildman–Crippen MR) is 149 cm³/mol. The van der Waals surface area contributed by atoms with Crippen LogP contribution >= 0.6 is 0 Å². The molecule has 3 aromatic carbocycles. The van der Waals surface area contributed by atoms with E-state index in [4.69, 9.17) is 14.0 Å². The summed E-state index contributed by atoms with van der Waals surface area (Å²) < 4.78 is 12.6. The Labute approximate surface area is 218 Å². The Bertz CT molecular complexity index is 1420. The number of methoxy groups -OCH3 is 1. The second-order valence-corrected chi connectivity index (χ2v) is 9.56. The summed E-state index contributed by atoms with van der Waals surface area (Å²) in [6, 6.07) is 23.9. The number of nitrogens with zero attached hydrogens (tertiary/aromatic N) is 2. The number of hydrogen-bond acceptors (Lipinski definition) is 5. The van der Waals surface area contributed by atoms with Crippen molar-refractivity contribution in [3.05, 3.63) is 94.1 Å². The smallest absolute Gasteiger partial charge is 0.207 e. The van der Waals surface area contributed by atoms with Crippen LogP contribution in [0.4, 0.5) is 5.69 Å². The lowest BCUT2D eigenvalue weighted by atomic mass is 10.0. The number of piperazine rings is 1. The number of hydroxylamine groups is 2. The van der Waals surface area contributed by atoms with E-state index < -0.39 is 0 Å². The summed E-state index contributed by atoms with van der Waals surface area (Å²) in [6.07, 6.45) is 0.806. The van der Waals surface area contributed by atoms with Crippen molar-refractivity contribution < 1.29 is 14.0 Å². The monoisotopic (exact) mass is 499 g/mol. The Morgan fingerprint density at radius 2 is 1.68 bits per heavy atom. The third-order valence-corrected chi connectivity index (χ3v) is 7.42. The zero-order valence-corrected chi connectivity index (χ0v) is 21.9. The number of hydrogen-bond donors (Lipinski definition) is 0. The van der Waals surface area contributed by atoms with Crippen molar-refractivity contribution in [2.45, 2.75) is 20.3 Å². The molecule has 1 fully saturated rings. The molecule has 1 saturated heterocycles. The molecule has 0 radical (unpaired) electrons. The number of rotatable bonds is 8. The van der Waals surface area contributed by atoms with Gasteiger partial charge in [-0.05, 0) is 38.0 Å². The highest BCUT2D eigenvalue weighted by Crippen LogP contribution is 2.35. The largest absolute Gasteiger partial charge is 0.491 e. The van der Waals surface area contributed by atoms with Crippen LogP contribution in [-0.4, -0.2) is 51.3 Å². The van der Waals surface area contributed by atoms with Crippen molar-refractivity contribution >= 4 is 16.7 Å². The maximum absolute atomic E-state index is 13.2. The number of ether oxygens (including phenoxy) is 1. The Morgan fingerprint density at radius 3 is 2.41 bits per heavy atom. The van der Waals surface area contributed by atoms with Crippen molar-refractivity contribution in [1.82, 2.24) is 9.55 Å². The van der Waals surface area contributed by atoms with E-state index in [0.29, 0.717) is 33.5 Å². The van der Waals surface area contributed by atoms with Gasteiger partial charge in [-0.25, -0.2) is 0 Å². The topological polar surface area (TPSA) is 51.9 Å². The summed E-state index contributed by atoms with van der Waals surface area (Å²) in [5.41, 5.74) is 4.44. The molecule has 0 unspecified atom stereocenters. The number of quaternary nitrogens is 1. The Hall–Kier alpha value is -3.45. The van der Waals surface area contributed by atoms with E-state index in [1.54, 1.807) is 7.11 Å². The van der Waals surface area contributed by atoms with E-state index in [1.807, 2.05) is 74.5 Å². The van der Waals surface area contributed by atoms with Crippen molar-refractivity contribution in [2.24, 2.45) is 0 Å². The zero-order chi connectivity index (χ0) is 25.8. The molecule has 1 aliphatic rings. The fraction of sp³-hybridized carbons (Fsp3) is 0.323. The Kier molecular flexibility index (Phi) is 7.42. The van der Waals surface area contributed by atoms with Gasteiger partial charge >= 0.3 is 0 Å². The minimum atomic E-state index is 0.0375. The van der Waals surface area contributed by atoms with Gasteiger partial charge in [0, 0.05) is 23.7 Å². The van der Waals surface area contributed by atoms with Gasteiger partial charge in [-0.1, -0.05) is 54.6 Å². The van der Waals surface area contributed by atoms with Gasteiger partial charge in [0.15, 0.2) is 11.2 Å². The summed E-state index contributed by atoms with van der Waals surface area (Å²) in [5.74, 6) is 1.51. The molecule has 5 rings (SSSR count). The minimum Gasteiger partial charge on any atom is -0.491 e. The van der Waals surface area contributed by atoms with Crippen LogP contribution in [0.25, 0.3) is 22.3 Å². The van der Waals surface area contributed by atoms with Gasteiger partial charge in [0.2, 0.25) is 5.69 Å². The molecular weight excluding hydrogens is 464 g/mol. The molecule has 1 aliphatic heterocycles. The van der Waals surface area contributed by atoms with Crippen LogP contribution in [0.3, 0.4) is 0 Å². The quantitative estimate of drug-likeness (QED) is 0.296. The van der Waals surface area contributed by atoms with Crippen molar-refractivity contribution in [3.63, 3.8) is 0 Å². The second kappa shape index (κ2) is 10.9. The molecule has 0 bridgehead atoms. The lowest BCUT2D eigenvalue weighted by molar-refractivity contribution is -0.162. The van der Waals surface area contributed by atoms with Crippen molar-refractivity contribution in [3.8, 4) is 17.1 Å². The normalized spacial score (nSPS) is 15.6. The summed E-state index contributed by atoms with van der Waals surface area (Å²) in [6.45, 7) is 8.90. The van der Waals surface area contributed by atoms with E-state index >= 15 is 0 Å². The number of para-hydroxylation sites is 3. The van der Waals surface area contributed by atoms with E-state index in [9.17, 15) is 4.79 Å². The summed E-state index contributed by atoms with van der Waals surface area (Å²) in [4.78, 5) is 22.0. The van der Waals surface area contributed by atoms with Gasteiger partial charge in [0.05, 0.1) is 25.6 Å². The van der Waals surface area contributed by atoms with Gasteiger partial charge in [-0.3, -0.25) is 9.69 Å². The summed E-state index contributed by atoms with van der Waals surface area (Å²) >= 11 is 0. The van der Waals surface area contributed by atoms with Crippen LogP contribution < -0.4 is 14.8 Å². The van der Waals surface area contributed by atoms with Crippen LogP contribution in [0.15, 0.2) is 82.0 Å². The van der Waals surface area contributed by atoms with Gasteiger partial charge < -0.3 is 9.15 Å². The molecule has 0 amide bonds. The molecule has 37 heavy (non-hydrogen) atoms. The molecule has 0 spiro atoms. The third-order valence-electron chi connectivity index (χ3n) is 7.42. The van der Waals surface area contributed by atoms with Crippen LogP contribution in [0.2, 0.25) is 0 Å². The molecule has 0 saturated carbocycles. The Balaban J connectivity index is 1.36. The lowest BCUT2D eigenvalue weighted by Gasteiger charge is -2.41. The van der Waals surface area contributed by atoms with E-state index in [2.05, 4.69) is 17.0 Å². The van der Waals surface area contributed by atoms with Gasteiger partial charge in [-0.15, -0.1) is 4.65 Å². The first-order valence-electron chi connectivity index (χ1n) is 13.0. The molecular formula is C31H35N2O4+. The highest BCUT2D eigenvalue weighted by molar-refractivity contribution is 5.83. The first kappa shape index (κ1) is 25.2. The average Bonchev–Trinajstić information content (AvgIpc) is 2.95. The van der Waals surface area contributed by atoms with Crippen molar-refractivity contribution in [1.29, 1.82) is 0 Å². The standard InChI is InChI=1S/C31H35N2O4/c1-4-36-33(27-15-8-9-16-28(27)35-3)21-19-32(20-22-33)18-17-25-13-10-14-26-29(34)23(2)30(37-31(25)26)24-11-6-5-7-12-24/h5-16H,4,17-22H2,1-3H3/q+1. The van der Waals surface area contributed by atoms with Crippen LogP contribution in [0, 0.1) is 6.92 Å². The van der Waals surface area contributed by atoms with Gasteiger partial charge in [0.1, 0.15) is 31.0 Å². The molecule has 6 nitrogen and oxygen atoms in total. The van der Waals surface area contributed by atoms with E-state index in [0.717, 1.165) is 61.7 Å². The molecule has 6 heteroatoms. The fourth-order valence-corrected chi connectivity index (χ4v) is 5.41. The van der Waals surface area contributed by atoms with Gasteiger partial charge in [-0.2, -0.15) is 4.84 Å². The lowest BCUT2D eigenvalue weighted by Crippen LogP contribution is -2.60.